The minimum atomic E-state index is -2.91. The molecule has 3 aromatic rings. The molecule has 0 atom stereocenters. The molecule has 4 heterocycles. The standard InChI is InChI=1S/C23H21F2N7O/c1-12-16(7-14-5-6-18(13-3-4-13)29-19(14)9-27-2)23(31-10-15(33)11-31)32-22(28-12)17(8-26)20(30-32)21(24)25/h5-7,9,13,15,21,33H,2-4,10-11H2,1H3/b14-7+,19-9+. The maximum absolute atomic E-state index is 13.6. The van der Waals surface area contributed by atoms with E-state index in [0.717, 1.165) is 23.8 Å². The lowest BCUT2D eigenvalue weighted by molar-refractivity contribution is 0.139. The number of aliphatic imine (C=N–C) groups is 1. The van der Waals surface area contributed by atoms with Crippen molar-refractivity contribution in [1.82, 2.24) is 19.6 Å². The van der Waals surface area contributed by atoms with Crippen LogP contribution < -0.4 is 15.5 Å². The van der Waals surface area contributed by atoms with Crippen LogP contribution in [0.4, 0.5) is 14.6 Å². The molecule has 1 aliphatic carbocycles. The maximum atomic E-state index is 13.6. The van der Waals surface area contributed by atoms with Crippen LogP contribution >= 0.6 is 0 Å². The highest BCUT2D eigenvalue weighted by molar-refractivity contribution is 5.73. The summed E-state index contributed by atoms with van der Waals surface area (Å²) in [5, 5.41) is 24.8. The number of anilines is 1. The third-order valence-electron chi connectivity index (χ3n) is 5.96. The zero-order valence-electron chi connectivity index (χ0n) is 17.9. The van der Waals surface area contributed by atoms with Gasteiger partial charge in [-0.05, 0) is 38.6 Å². The van der Waals surface area contributed by atoms with Crippen molar-refractivity contribution in [3.8, 4) is 6.07 Å². The molecule has 2 aliphatic rings. The van der Waals surface area contributed by atoms with Crippen molar-refractivity contribution in [1.29, 1.82) is 5.26 Å². The molecule has 33 heavy (non-hydrogen) atoms. The van der Waals surface area contributed by atoms with Crippen molar-refractivity contribution in [3.05, 3.63) is 50.9 Å². The first kappa shape index (κ1) is 21.2. The van der Waals surface area contributed by atoms with Crippen molar-refractivity contribution in [2.45, 2.75) is 38.2 Å². The van der Waals surface area contributed by atoms with E-state index >= 15 is 0 Å². The van der Waals surface area contributed by atoms with Gasteiger partial charge in [0.1, 0.15) is 23.1 Å². The Hall–Kier alpha value is -3.71. The van der Waals surface area contributed by atoms with Gasteiger partial charge in [0.05, 0.1) is 23.3 Å². The Morgan fingerprint density at radius 1 is 1.30 bits per heavy atom. The number of pyridine rings is 1. The predicted molar refractivity (Wildman–Crippen MR) is 119 cm³/mol. The van der Waals surface area contributed by atoms with Gasteiger partial charge in [0, 0.05) is 35.5 Å². The number of aliphatic hydroxyl groups excluding tert-OH is 1. The smallest absolute Gasteiger partial charge is 0.283 e. The van der Waals surface area contributed by atoms with Gasteiger partial charge in [-0.1, -0.05) is 6.07 Å². The Morgan fingerprint density at radius 2 is 2.06 bits per heavy atom. The fraction of sp³-hybridized carbons (Fsp3) is 0.348. The molecular formula is C23H21F2N7O. The summed E-state index contributed by atoms with van der Waals surface area (Å²) in [6.07, 6.45) is 2.23. The van der Waals surface area contributed by atoms with Crippen LogP contribution in [0.3, 0.4) is 0 Å². The zero-order chi connectivity index (χ0) is 23.3. The first-order chi connectivity index (χ1) is 15.9. The molecule has 0 aromatic carbocycles. The van der Waals surface area contributed by atoms with E-state index in [-0.39, 0.29) is 11.2 Å². The molecule has 5 rings (SSSR count). The Balaban J connectivity index is 1.79. The number of aliphatic hydroxyl groups is 1. The lowest BCUT2D eigenvalue weighted by Gasteiger charge is -2.38. The van der Waals surface area contributed by atoms with E-state index < -0.39 is 18.2 Å². The normalized spacial score (nSPS) is 17.6. The molecule has 1 saturated heterocycles. The summed E-state index contributed by atoms with van der Waals surface area (Å²) in [6, 6.07) is 5.75. The molecule has 0 spiro atoms. The van der Waals surface area contributed by atoms with Gasteiger partial charge in [0.15, 0.2) is 5.65 Å². The third kappa shape index (κ3) is 3.64. The van der Waals surface area contributed by atoms with Crippen LogP contribution in [0.5, 0.6) is 0 Å². The summed E-state index contributed by atoms with van der Waals surface area (Å²) in [4.78, 5) is 14.9. The van der Waals surface area contributed by atoms with E-state index in [1.165, 1.54) is 4.52 Å². The number of rotatable bonds is 5. The van der Waals surface area contributed by atoms with Gasteiger partial charge in [-0.25, -0.2) is 13.8 Å². The minimum Gasteiger partial charge on any atom is -0.389 e. The largest absolute Gasteiger partial charge is 0.389 e. The van der Waals surface area contributed by atoms with Crippen LogP contribution in [-0.2, 0) is 0 Å². The summed E-state index contributed by atoms with van der Waals surface area (Å²) >= 11 is 0. The van der Waals surface area contributed by atoms with Crippen LogP contribution in [0.1, 0.15) is 53.4 Å². The number of aryl methyl sites for hydroxylation is 1. The second-order valence-electron chi connectivity index (χ2n) is 8.34. The number of hydrogen-bond donors (Lipinski definition) is 1. The van der Waals surface area contributed by atoms with Crippen LogP contribution in [0.15, 0.2) is 17.1 Å². The van der Waals surface area contributed by atoms with E-state index in [0.29, 0.717) is 41.4 Å². The molecule has 1 saturated carbocycles. The molecular weight excluding hydrogens is 428 g/mol. The number of hydrogen-bond acceptors (Lipinski definition) is 7. The molecule has 8 nitrogen and oxygen atoms in total. The SMILES string of the molecule is C=N/C=c1/nc(C2CC2)cc/c1=C\c1c(C)nc2c(C#N)c(C(F)F)nn2c1N1CC(O)C1. The van der Waals surface area contributed by atoms with E-state index in [4.69, 9.17) is 4.98 Å². The quantitative estimate of drug-likeness (QED) is 0.593. The third-order valence-corrected chi connectivity index (χ3v) is 5.96. The predicted octanol–water partition coefficient (Wildman–Crippen LogP) is 1.57. The average molecular weight is 449 g/mol. The van der Waals surface area contributed by atoms with E-state index in [2.05, 4.69) is 21.8 Å². The number of fused-ring (bicyclic) bond motifs is 1. The highest BCUT2D eigenvalue weighted by Gasteiger charge is 2.32. The van der Waals surface area contributed by atoms with E-state index in [9.17, 15) is 19.1 Å². The second kappa shape index (κ2) is 8.01. The van der Waals surface area contributed by atoms with Crippen molar-refractivity contribution in [2.75, 3.05) is 18.0 Å². The molecule has 2 fully saturated rings. The highest BCUT2D eigenvalue weighted by atomic mass is 19.3. The van der Waals surface area contributed by atoms with Gasteiger partial charge in [-0.15, -0.1) is 0 Å². The summed E-state index contributed by atoms with van der Waals surface area (Å²) < 4.78 is 28.5. The Morgan fingerprint density at radius 3 is 2.67 bits per heavy atom. The summed E-state index contributed by atoms with van der Waals surface area (Å²) in [7, 11) is 0. The van der Waals surface area contributed by atoms with Crippen LogP contribution in [0.25, 0.3) is 17.9 Å². The number of nitriles is 1. The fourth-order valence-electron chi connectivity index (χ4n) is 4.11. The molecule has 168 valence electrons. The number of nitrogens with zero attached hydrogens (tertiary/aromatic N) is 7. The second-order valence-corrected chi connectivity index (χ2v) is 8.34. The monoisotopic (exact) mass is 449 g/mol. The Labute approximate surface area is 187 Å². The van der Waals surface area contributed by atoms with E-state index in [1.54, 1.807) is 13.1 Å². The van der Waals surface area contributed by atoms with Crippen molar-refractivity contribution < 1.29 is 13.9 Å². The number of halogens is 2. The van der Waals surface area contributed by atoms with Crippen LogP contribution in [0, 0.1) is 18.3 Å². The van der Waals surface area contributed by atoms with E-state index in [1.807, 2.05) is 29.2 Å². The number of β-amino-alcohol motifs (C(OH)–C–C–N with tert-alkyl or cyclic N) is 1. The molecule has 0 amide bonds. The van der Waals surface area contributed by atoms with Crippen molar-refractivity contribution in [3.63, 3.8) is 0 Å². The van der Waals surface area contributed by atoms with Crippen LogP contribution in [0.2, 0.25) is 0 Å². The van der Waals surface area contributed by atoms with Crippen molar-refractivity contribution >= 4 is 30.5 Å². The van der Waals surface area contributed by atoms with Gasteiger partial charge < -0.3 is 10.0 Å². The summed E-state index contributed by atoms with van der Waals surface area (Å²) in [5.74, 6) is 0.963. The van der Waals surface area contributed by atoms with Gasteiger partial charge in [0.25, 0.3) is 6.43 Å². The molecule has 0 bridgehead atoms. The summed E-state index contributed by atoms with van der Waals surface area (Å²) in [5.41, 5.74) is 1.40. The first-order valence-electron chi connectivity index (χ1n) is 10.6. The lowest BCUT2D eigenvalue weighted by atomic mass is 10.1. The lowest BCUT2D eigenvalue weighted by Crippen LogP contribution is -2.52. The maximum Gasteiger partial charge on any atom is 0.283 e. The topological polar surface area (TPSA) is 103 Å². The zero-order valence-corrected chi connectivity index (χ0v) is 17.9. The minimum absolute atomic E-state index is 0.0700. The molecule has 1 N–H and O–H groups in total. The highest BCUT2D eigenvalue weighted by Crippen LogP contribution is 2.38. The Bertz CT molecular complexity index is 1430. The molecule has 1 aliphatic heterocycles. The summed E-state index contributed by atoms with van der Waals surface area (Å²) in [6.45, 7) is 5.93. The molecule has 3 aromatic heterocycles. The fourth-order valence-corrected chi connectivity index (χ4v) is 4.11. The average Bonchev–Trinajstić information content (AvgIpc) is 3.54. The Kier molecular flexibility index (Phi) is 5.13. The molecule has 10 heteroatoms. The van der Waals surface area contributed by atoms with Crippen LogP contribution in [-0.4, -0.2) is 50.6 Å². The van der Waals surface area contributed by atoms with Crippen molar-refractivity contribution in [2.24, 2.45) is 4.99 Å². The van der Waals surface area contributed by atoms with Gasteiger partial charge in [0.2, 0.25) is 0 Å². The number of aromatic nitrogens is 4. The van der Waals surface area contributed by atoms with Gasteiger partial charge >= 0.3 is 0 Å². The van der Waals surface area contributed by atoms with Gasteiger partial charge in [-0.2, -0.15) is 14.9 Å². The first-order valence-corrected chi connectivity index (χ1v) is 10.6. The number of alkyl halides is 2. The molecule has 0 radical (unpaired) electrons. The molecule has 0 unspecified atom stereocenters. The van der Waals surface area contributed by atoms with Gasteiger partial charge in [-0.3, -0.25) is 9.98 Å².